The standard InChI is InChI=1S/BH2NO2.H3N/c1-4-2-3;/h1H2;1H3. The van der Waals surface area contributed by atoms with Crippen molar-refractivity contribution in [1.82, 2.24) is 6.15 Å². The molecule has 0 radical (unpaired) electrons. The van der Waals surface area contributed by atoms with Gasteiger partial charge in [-0.15, -0.1) is 4.91 Å². The molecule has 0 aromatic rings. The van der Waals surface area contributed by atoms with Crippen LogP contribution in [0.25, 0.3) is 0 Å². The predicted octanol–water partition coefficient (Wildman–Crippen LogP) is -0.606. The number of rotatable bonds is 1. The average Bonchev–Trinajstić information content (AvgIpc) is 1.37. The van der Waals surface area contributed by atoms with Gasteiger partial charge in [-0.25, -0.2) is 0 Å². The summed E-state index contributed by atoms with van der Waals surface area (Å²) in [6.45, 7) is 0. The molecular weight excluding hydrogens is 70.8 g/mol. The summed E-state index contributed by atoms with van der Waals surface area (Å²) in [4.78, 5) is 8.70. The van der Waals surface area contributed by atoms with Gasteiger partial charge in [0.15, 0.2) is 0 Å². The zero-order valence-electron chi connectivity index (χ0n) is 2.97. The van der Waals surface area contributed by atoms with Crippen LogP contribution in [0.5, 0.6) is 0 Å². The highest BCUT2D eigenvalue weighted by molar-refractivity contribution is 5.97. The highest BCUT2D eigenvalue weighted by Gasteiger charge is 1.46. The second-order valence-electron chi connectivity index (χ2n) is 0.257. The van der Waals surface area contributed by atoms with E-state index in [9.17, 15) is 0 Å². The van der Waals surface area contributed by atoms with Crippen molar-refractivity contribution in [2.45, 2.75) is 0 Å². The Kier molecular flexibility index (Phi) is 17.5. The molecule has 5 heavy (non-hydrogen) atoms. The van der Waals surface area contributed by atoms with Gasteiger partial charge in [-0.3, -0.25) is 0 Å². The molecule has 0 aromatic carbocycles. The molecule has 0 unspecified atom stereocenters. The van der Waals surface area contributed by atoms with Gasteiger partial charge in [0.1, 0.15) is 5.34 Å². The first-order valence-electron chi connectivity index (χ1n) is 0.773. The monoisotopic (exact) mass is 76.0 g/mol. The Hall–Kier alpha value is -0.575. The smallest absolute Gasteiger partial charge is 0.365 e. The van der Waals surface area contributed by atoms with Crippen LogP contribution in [0.3, 0.4) is 0 Å². The predicted molar refractivity (Wildman–Crippen MR) is 20.4 cm³/mol. The van der Waals surface area contributed by atoms with Crippen molar-refractivity contribution >= 4 is 8.05 Å². The SMILES string of the molecule is BON=O.N. The van der Waals surface area contributed by atoms with Gasteiger partial charge >= 0.3 is 8.05 Å². The van der Waals surface area contributed by atoms with Crippen LogP contribution in [0, 0.1) is 4.91 Å². The van der Waals surface area contributed by atoms with Crippen LogP contribution in [0.15, 0.2) is 5.34 Å². The van der Waals surface area contributed by atoms with Crippen molar-refractivity contribution in [3.63, 3.8) is 0 Å². The van der Waals surface area contributed by atoms with Gasteiger partial charge in [0.2, 0.25) is 0 Å². The molecular formula is H5BN2O2. The lowest BCUT2D eigenvalue weighted by atomic mass is 10.6. The molecule has 3 N–H and O–H groups in total. The van der Waals surface area contributed by atoms with E-state index in [1.807, 2.05) is 5.34 Å². The minimum atomic E-state index is 0. The molecule has 0 amide bonds. The summed E-state index contributed by atoms with van der Waals surface area (Å²) in [7, 11) is 1.20. The zero-order chi connectivity index (χ0) is 3.41. The Bertz CT molecular complexity index is 21.6. The molecule has 0 bridgehead atoms. The Morgan fingerprint density at radius 2 is 2.00 bits per heavy atom. The summed E-state index contributed by atoms with van der Waals surface area (Å²) >= 11 is 0. The van der Waals surface area contributed by atoms with Gasteiger partial charge < -0.3 is 10.9 Å². The fourth-order valence-electron chi connectivity index (χ4n) is 0. The molecule has 0 aromatic heterocycles. The lowest BCUT2D eigenvalue weighted by molar-refractivity contribution is 0.371. The second kappa shape index (κ2) is 9.92. The molecule has 30 valence electrons. The molecule has 0 aliphatic rings. The lowest BCUT2D eigenvalue weighted by Gasteiger charge is -1.64. The second-order valence-corrected chi connectivity index (χ2v) is 0.257. The first-order valence-corrected chi connectivity index (χ1v) is 0.773. The molecule has 0 aliphatic carbocycles. The molecule has 0 saturated heterocycles. The van der Waals surface area contributed by atoms with Crippen LogP contribution in [-0.4, -0.2) is 8.05 Å². The maximum atomic E-state index is 8.70. The third-order valence-electron chi connectivity index (χ3n) is 0.0745. The van der Waals surface area contributed by atoms with Crippen LogP contribution in [0.2, 0.25) is 0 Å². The Balaban J connectivity index is 0. The summed E-state index contributed by atoms with van der Waals surface area (Å²) in [6, 6.07) is 0. The van der Waals surface area contributed by atoms with Gasteiger partial charge in [-0.05, 0) is 0 Å². The van der Waals surface area contributed by atoms with Gasteiger partial charge in [0.25, 0.3) is 0 Å². The molecule has 5 heteroatoms. The van der Waals surface area contributed by atoms with E-state index < -0.39 is 0 Å². The highest BCUT2D eigenvalue weighted by atomic mass is 16.7. The molecule has 0 saturated carbocycles. The van der Waals surface area contributed by atoms with E-state index in [-0.39, 0.29) is 6.15 Å². The fraction of sp³-hybridized carbons (Fsp3) is 0. The molecule has 0 fully saturated rings. The van der Waals surface area contributed by atoms with Crippen molar-refractivity contribution in [3.8, 4) is 0 Å². The Morgan fingerprint density at radius 3 is 2.00 bits per heavy atom. The van der Waals surface area contributed by atoms with Crippen molar-refractivity contribution < 1.29 is 4.76 Å². The highest BCUT2D eigenvalue weighted by Crippen LogP contribution is 1.50. The zero-order valence-corrected chi connectivity index (χ0v) is 2.97. The van der Waals surface area contributed by atoms with Gasteiger partial charge in [0, 0.05) is 0 Å². The van der Waals surface area contributed by atoms with E-state index in [0.29, 0.717) is 0 Å². The Morgan fingerprint density at radius 1 is 1.80 bits per heavy atom. The minimum Gasteiger partial charge on any atom is -0.449 e. The summed E-state index contributed by atoms with van der Waals surface area (Å²) < 4.78 is 3.61. The topological polar surface area (TPSA) is 73.7 Å². The largest absolute Gasteiger partial charge is 0.449 e. The van der Waals surface area contributed by atoms with E-state index >= 15 is 0 Å². The normalized spacial score (nSPS) is 4.00. The summed E-state index contributed by atoms with van der Waals surface area (Å²) in [5.74, 6) is 0. The number of hydrogen-bond donors (Lipinski definition) is 1. The average molecular weight is 75.9 g/mol. The van der Waals surface area contributed by atoms with Crippen molar-refractivity contribution in [1.29, 1.82) is 0 Å². The number of nitrogens with zero attached hydrogens (tertiary/aromatic N) is 1. The van der Waals surface area contributed by atoms with Crippen LogP contribution >= 0.6 is 0 Å². The molecule has 0 aliphatic heterocycles. The van der Waals surface area contributed by atoms with Crippen molar-refractivity contribution in [2.75, 3.05) is 0 Å². The van der Waals surface area contributed by atoms with E-state index in [0.717, 1.165) is 0 Å². The van der Waals surface area contributed by atoms with Crippen LogP contribution in [-0.2, 0) is 4.76 Å². The maximum absolute atomic E-state index is 8.70. The van der Waals surface area contributed by atoms with E-state index in [2.05, 4.69) is 4.76 Å². The molecule has 0 rings (SSSR count). The van der Waals surface area contributed by atoms with E-state index in [4.69, 9.17) is 4.91 Å². The van der Waals surface area contributed by atoms with Crippen LogP contribution in [0.4, 0.5) is 0 Å². The van der Waals surface area contributed by atoms with Crippen LogP contribution < -0.4 is 6.15 Å². The summed E-state index contributed by atoms with van der Waals surface area (Å²) in [5.41, 5.74) is 0. The van der Waals surface area contributed by atoms with Gasteiger partial charge in [0.05, 0.1) is 0 Å². The van der Waals surface area contributed by atoms with Gasteiger partial charge in [-0.1, -0.05) is 0 Å². The molecule has 0 spiro atoms. The van der Waals surface area contributed by atoms with Crippen molar-refractivity contribution in [3.05, 3.63) is 4.91 Å². The molecule has 4 nitrogen and oxygen atoms in total. The van der Waals surface area contributed by atoms with Crippen LogP contribution in [0.1, 0.15) is 0 Å². The fourth-order valence-corrected chi connectivity index (χ4v) is 0. The Labute approximate surface area is 30.5 Å². The van der Waals surface area contributed by atoms with Gasteiger partial charge in [-0.2, -0.15) is 0 Å². The maximum Gasteiger partial charge on any atom is 0.365 e. The first-order chi connectivity index (χ1) is 1.91. The molecule has 0 atom stereocenters. The third kappa shape index (κ3) is 38.5. The molecule has 0 heterocycles. The quantitative estimate of drug-likeness (QED) is 0.257. The lowest BCUT2D eigenvalue weighted by Crippen LogP contribution is -1.58. The first kappa shape index (κ1) is 8.83. The number of hydrogen-bond acceptors (Lipinski definition) is 4. The van der Waals surface area contributed by atoms with E-state index in [1.54, 1.807) is 0 Å². The third-order valence-corrected chi connectivity index (χ3v) is 0.0745. The summed E-state index contributed by atoms with van der Waals surface area (Å²) in [6.07, 6.45) is 0. The van der Waals surface area contributed by atoms with E-state index in [1.165, 1.54) is 8.05 Å². The minimum absolute atomic E-state index is 0. The summed E-state index contributed by atoms with van der Waals surface area (Å²) in [5, 5.41) is 1.99. The van der Waals surface area contributed by atoms with Crippen molar-refractivity contribution in [2.24, 2.45) is 5.34 Å².